The largest absolute Gasteiger partial charge is 0.371 e. The van der Waals surface area contributed by atoms with Crippen LogP contribution in [-0.4, -0.2) is 42.0 Å². The van der Waals surface area contributed by atoms with Gasteiger partial charge in [0.05, 0.1) is 11.7 Å². The van der Waals surface area contributed by atoms with E-state index in [4.69, 9.17) is 4.74 Å². The van der Waals surface area contributed by atoms with Crippen LogP contribution >= 0.6 is 0 Å². The highest BCUT2D eigenvalue weighted by Gasteiger charge is 2.26. The van der Waals surface area contributed by atoms with Gasteiger partial charge in [0, 0.05) is 24.9 Å². The molecule has 1 fully saturated rings. The molecule has 0 aromatic carbocycles. The van der Waals surface area contributed by atoms with E-state index in [9.17, 15) is 4.79 Å². The predicted molar refractivity (Wildman–Crippen MR) is 112 cm³/mol. The van der Waals surface area contributed by atoms with Gasteiger partial charge < -0.3 is 9.64 Å². The van der Waals surface area contributed by atoms with Crippen molar-refractivity contribution < 1.29 is 9.53 Å². The molecule has 0 aromatic rings. The smallest absolute Gasteiger partial charge is 0.138 e. The molecule has 0 bridgehead atoms. The summed E-state index contributed by atoms with van der Waals surface area (Å²) < 4.78 is 6.09. The monoisotopic (exact) mass is 367 g/mol. The number of hydrogen-bond donors (Lipinski definition) is 0. The molecular weight excluding hydrogens is 322 g/mol. The van der Waals surface area contributed by atoms with Crippen molar-refractivity contribution in [1.82, 2.24) is 4.90 Å². The van der Waals surface area contributed by atoms with Crippen LogP contribution in [-0.2, 0) is 9.53 Å². The molecule has 1 aliphatic rings. The van der Waals surface area contributed by atoms with E-state index in [-0.39, 0.29) is 11.0 Å². The number of rotatable bonds is 12. The van der Waals surface area contributed by atoms with E-state index in [0.29, 0.717) is 11.9 Å². The van der Waals surface area contributed by atoms with E-state index in [0.717, 1.165) is 19.4 Å². The van der Waals surface area contributed by atoms with Crippen LogP contribution in [0.4, 0.5) is 0 Å². The van der Waals surface area contributed by atoms with Crippen LogP contribution in [0.2, 0.25) is 0 Å². The number of carbonyl (C=O) groups excluding carboxylic acids is 1. The number of ketones is 1. The minimum absolute atomic E-state index is 0.0132. The standard InChI is InChI=1S/C23H45NO2/c1-22(2,3)21(25)15-13-11-9-7-8-10-12-14-17-24-18-16-20(19-24)26-23(4,5)6/h20H,7-19H2,1-6H3. The third kappa shape index (κ3) is 11.3. The number of carbonyl (C=O) groups is 1. The first kappa shape index (κ1) is 23.6. The van der Waals surface area contributed by atoms with Crippen molar-refractivity contribution in [3.63, 3.8) is 0 Å². The summed E-state index contributed by atoms with van der Waals surface area (Å²) >= 11 is 0. The lowest BCUT2D eigenvalue weighted by molar-refractivity contribution is -0.126. The lowest BCUT2D eigenvalue weighted by Gasteiger charge is -2.25. The van der Waals surface area contributed by atoms with Crippen molar-refractivity contribution in [2.75, 3.05) is 19.6 Å². The fourth-order valence-corrected chi connectivity index (χ4v) is 3.65. The Bertz CT molecular complexity index is 392. The molecule has 1 saturated heterocycles. The van der Waals surface area contributed by atoms with Crippen molar-refractivity contribution >= 4 is 5.78 Å². The molecule has 0 radical (unpaired) electrons. The maximum atomic E-state index is 11.9. The van der Waals surface area contributed by atoms with Crippen LogP contribution in [0.5, 0.6) is 0 Å². The number of Topliss-reactive ketones (excluding diaryl/α,β-unsaturated/α-hetero) is 1. The molecule has 0 amide bonds. The summed E-state index contributed by atoms with van der Waals surface area (Å²) in [6, 6.07) is 0. The van der Waals surface area contributed by atoms with Gasteiger partial charge in [-0.3, -0.25) is 4.79 Å². The van der Waals surface area contributed by atoms with Gasteiger partial charge in [0.2, 0.25) is 0 Å². The van der Waals surface area contributed by atoms with Crippen LogP contribution in [0.3, 0.4) is 0 Å². The van der Waals surface area contributed by atoms with Crippen LogP contribution in [0.1, 0.15) is 106 Å². The molecule has 1 atom stereocenters. The molecule has 1 heterocycles. The Labute approximate surface area is 163 Å². The van der Waals surface area contributed by atoms with E-state index in [1.807, 2.05) is 20.8 Å². The Morgan fingerprint density at radius 3 is 1.96 bits per heavy atom. The molecular formula is C23H45NO2. The quantitative estimate of drug-likeness (QED) is 0.396. The number of hydrogen-bond acceptors (Lipinski definition) is 3. The van der Waals surface area contributed by atoms with Gasteiger partial charge in [0.25, 0.3) is 0 Å². The highest BCUT2D eigenvalue weighted by atomic mass is 16.5. The molecule has 0 aliphatic carbocycles. The zero-order valence-electron chi connectivity index (χ0n) is 18.5. The summed E-state index contributed by atoms with van der Waals surface area (Å²) in [5.74, 6) is 0.412. The first-order valence-corrected chi connectivity index (χ1v) is 11.0. The number of unbranched alkanes of at least 4 members (excludes halogenated alkanes) is 7. The highest BCUT2D eigenvalue weighted by molar-refractivity contribution is 5.83. The molecule has 0 saturated carbocycles. The van der Waals surface area contributed by atoms with Gasteiger partial charge in [0.1, 0.15) is 5.78 Å². The van der Waals surface area contributed by atoms with Gasteiger partial charge in [0.15, 0.2) is 0 Å². The second-order valence-electron chi connectivity index (χ2n) is 10.2. The maximum Gasteiger partial charge on any atom is 0.138 e. The van der Waals surface area contributed by atoms with Crippen LogP contribution in [0.15, 0.2) is 0 Å². The Hall–Kier alpha value is -0.410. The predicted octanol–water partition coefficient (Wildman–Crippen LogP) is 6.00. The first-order chi connectivity index (χ1) is 12.1. The lowest BCUT2D eigenvalue weighted by atomic mass is 9.88. The third-order valence-electron chi connectivity index (χ3n) is 5.21. The Kier molecular flexibility index (Phi) is 10.4. The normalized spacial score (nSPS) is 19.2. The molecule has 1 aliphatic heterocycles. The fourth-order valence-electron chi connectivity index (χ4n) is 3.65. The second-order valence-corrected chi connectivity index (χ2v) is 10.2. The first-order valence-electron chi connectivity index (χ1n) is 11.0. The molecule has 1 rings (SSSR count). The van der Waals surface area contributed by atoms with Crippen molar-refractivity contribution in [2.24, 2.45) is 5.41 Å². The molecule has 3 nitrogen and oxygen atoms in total. The summed E-state index contributed by atoms with van der Waals surface area (Å²) in [5, 5.41) is 0. The molecule has 3 heteroatoms. The number of nitrogens with zero attached hydrogens (tertiary/aromatic N) is 1. The average molecular weight is 368 g/mol. The maximum absolute atomic E-state index is 11.9. The van der Waals surface area contributed by atoms with E-state index in [1.165, 1.54) is 64.5 Å². The van der Waals surface area contributed by atoms with Crippen molar-refractivity contribution in [3.05, 3.63) is 0 Å². The summed E-state index contributed by atoms with van der Waals surface area (Å²) in [5.41, 5.74) is -0.172. The van der Waals surface area contributed by atoms with Gasteiger partial charge in [-0.25, -0.2) is 0 Å². The Morgan fingerprint density at radius 2 is 1.42 bits per heavy atom. The molecule has 0 spiro atoms. The fraction of sp³-hybridized carbons (Fsp3) is 0.957. The van der Waals surface area contributed by atoms with E-state index >= 15 is 0 Å². The molecule has 0 N–H and O–H groups in total. The number of likely N-dealkylation sites (tertiary alicyclic amines) is 1. The average Bonchev–Trinajstić information content (AvgIpc) is 2.93. The topological polar surface area (TPSA) is 29.5 Å². The Morgan fingerprint density at radius 1 is 0.885 bits per heavy atom. The molecule has 0 aromatic heterocycles. The minimum Gasteiger partial charge on any atom is -0.371 e. The SMILES string of the molecule is CC(C)(C)OC1CCN(CCCCCCCCCCC(=O)C(C)(C)C)C1. The summed E-state index contributed by atoms with van der Waals surface area (Å²) in [6.45, 7) is 16.1. The minimum atomic E-state index is -0.159. The third-order valence-corrected chi connectivity index (χ3v) is 5.21. The molecule has 1 unspecified atom stereocenters. The van der Waals surface area contributed by atoms with E-state index in [2.05, 4.69) is 25.7 Å². The lowest BCUT2D eigenvalue weighted by Crippen LogP contribution is -2.30. The van der Waals surface area contributed by atoms with Crippen molar-refractivity contribution in [3.8, 4) is 0 Å². The van der Waals surface area contributed by atoms with Crippen LogP contribution in [0.25, 0.3) is 0 Å². The molecule has 154 valence electrons. The van der Waals surface area contributed by atoms with Gasteiger partial charge in [-0.2, -0.15) is 0 Å². The van der Waals surface area contributed by atoms with Gasteiger partial charge in [-0.05, 0) is 46.6 Å². The van der Waals surface area contributed by atoms with Crippen LogP contribution in [0, 0.1) is 5.41 Å². The van der Waals surface area contributed by atoms with Gasteiger partial charge in [-0.1, -0.05) is 59.3 Å². The van der Waals surface area contributed by atoms with Crippen molar-refractivity contribution in [1.29, 1.82) is 0 Å². The van der Waals surface area contributed by atoms with Crippen LogP contribution < -0.4 is 0 Å². The highest BCUT2D eigenvalue weighted by Crippen LogP contribution is 2.21. The van der Waals surface area contributed by atoms with E-state index in [1.54, 1.807) is 0 Å². The van der Waals surface area contributed by atoms with E-state index < -0.39 is 0 Å². The van der Waals surface area contributed by atoms with Gasteiger partial charge in [-0.15, -0.1) is 0 Å². The van der Waals surface area contributed by atoms with Gasteiger partial charge >= 0.3 is 0 Å². The number of ether oxygens (including phenoxy) is 1. The zero-order chi connectivity index (χ0) is 19.6. The summed E-state index contributed by atoms with van der Waals surface area (Å²) in [7, 11) is 0. The summed E-state index contributed by atoms with van der Waals surface area (Å²) in [4.78, 5) is 14.4. The van der Waals surface area contributed by atoms with Crippen molar-refractivity contribution in [2.45, 2.75) is 117 Å². The Balaban J connectivity index is 1.89. The molecule has 26 heavy (non-hydrogen) atoms. The zero-order valence-corrected chi connectivity index (χ0v) is 18.5. The second kappa shape index (κ2) is 11.4. The summed E-state index contributed by atoms with van der Waals surface area (Å²) in [6.07, 6.45) is 12.7.